The fourth-order valence-electron chi connectivity index (χ4n) is 3.20. The van der Waals surface area contributed by atoms with Crippen molar-refractivity contribution in [2.24, 2.45) is 0 Å². The highest BCUT2D eigenvalue weighted by atomic mass is 16.6. The van der Waals surface area contributed by atoms with Crippen LogP contribution < -0.4 is 15.4 Å². The fraction of sp³-hybridized carbons (Fsp3) is 0.360. The minimum Gasteiger partial charge on any atom is -0.497 e. The Morgan fingerprint density at radius 1 is 1.09 bits per heavy atom. The molecule has 0 radical (unpaired) electrons. The van der Waals surface area contributed by atoms with Crippen molar-refractivity contribution in [2.75, 3.05) is 25.6 Å². The van der Waals surface area contributed by atoms with Gasteiger partial charge in [-0.15, -0.1) is 0 Å². The lowest BCUT2D eigenvalue weighted by molar-refractivity contribution is -0.140. The number of carbonyl (C=O) groups is 3. The molecule has 35 heavy (non-hydrogen) atoms. The van der Waals surface area contributed by atoms with E-state index in [1.54, 1.807) is 75.4 Å². The number of aliphatic hydroxyl groups excluding tert-OH is 1. The molecule has 10 heteroatoms. The number of ether oxygens (including phenoxy) is 2. The van der Waals surface area contributed by atoms with Crippen LogP contribution in [0.25, 0.3) is 0 Å². The highest BCUT2D eigenvalue weighted by molar-refractivity contribution is 5.99. The molecule has 3 amide bonds. The number of alkyl carbamates (subject to hydrolysis) is 1. The maximum Gasteiger partial charge on any atom is 0.408 e. The summed E-state index contributed by atoms with van der Waals surface area (Å²) in [4.78, 5) is 40.0. The van der Waals surface area contributed by atoms with Crippen LogP contribution in [0.3, 0.4) is 0 Å². The Kier molecular flexibility index (Phi) is 9.61. The minimum absolute atomic E-state index is 0.441. The summed E-state index contributed by atoms with van der Waals surface area (Å²) in [5, 5.41) is 24.3. The van der Waals surface area contributed by atoms with Crippen LogP contribution >= 0.6 is 0 Å². The van der Waals surface area contributed by atoms with Crippen LogP contribution in [0, 0.1) is 11.3 Å². The molecule has 2 unspecified atom stereocenters. The highest BCUT2D eigenvalue weighted by Crippen LogP contribution is 2.25. The van der Waals surface area contributed by atoms with E-state index >= 15 is 0 Å². The molecule has 186 valence electrons. The van der Waals surface area contributed by atoms with Gasteiger partial charge in [-0.3, -0.25) is 9.59 Å². The number of anilines is 1. The quantitative estimate of drug-likeness (QED) is 0.467. The van der Waals surface area contributed by atoms with Crippen molar-refractivity contribution in [3.8, 4) is 11.8 Å². The zero-order chi connectivity index (χ0) is 26.0. The first-order valence-electron chi connectivity index (χ1n) is 10.9. The number of methoxy groups -OCH3 is 1. The molecule has 0 aliphatic carbocycles. The Balaban J connectivity index is 2.37. The summed E-state index contributed by atoms with van der Waals surface area (Å²) in [7, 11) is 1.52. The monoisotopic (exact) mass is 482 g/mol. The van der Waals surface area contributed by atoms with Gasteiger partial charge in [-0.05, 0) is 50.6 Å². The first-order valence-corrected chi connectivity index (χ1v) is 10.9. The molecule has 2 aromatic rings. The van der Waals surface area contributed by atoms with Crippen LogP contribution in [-0.4, -0.2) is 59.8 Å². The average Bonchev–Trinajstić information content (AvgIpc) is 2.82. The summed E-state index contributed by atoms with van der Waals surface area (Å²) in [6.45, 7) is 3.72. The van der Waals surface area contributed by atoms with E-state index < -0.39 is 48.7 Å². The highest BCUT2D eigenvalue weighted by Gasteiger charge is 2.36. The van der Waals surface area contributed by atoms with Crippen molar-refractivity contribution >= 4 is 23.6 Å². The molecule has 0 aromatic heterocycles. The van der Waals surface area contributed by atoms with Crippen molar-refractivity contribution in [1.82, 2.24) is 10.2 Å². The second-order valence-corrected chi connectivity index (χ2v) is 8.54. The van der Waals surface area contributed by atoms with E-state index in [1.807, 2.05) is 6.07 Å². The van der Waals surface area contributed by atoms with E-state index in [2.05, 4.69) is 10.6 Å². The molecule has 2 atom stereocenters. The molecule has 0 bridgehead atoms. The number of amides is 3. The normalized spacial score (nSPS) is 12.5. The Morgan fingerprint density at radius 3 is 2.23 bits per heavy atom. The number of nitrogens with one attached hydrogen (secondary N) is 2. The molecule has 10 nitrogen and oxygen atoms in total. The van der Waals surface area contributed by atoms with E-state index in [1.165, 1.54) is 7.11 Å². The molecule has 0 aliphatic rings. The summed E-state index contributed by atoms with van der Waals surface area (Å²) in [5.74, 6) is -0.805. The lowest BCUT2D eigenvalue weighted by Crippen LogP contribution is -2.54. The van der Waals surface area contributed by atoms with Crippen LogP contribution in [0.5, 0.6) is 5.75 Å². The van der Waals surface area contributed by atoms with Gasteiger partial charge in [-0.25, -0.2) is 4.79 Å². The molecule has 0 saturated carbocycles. The maximum atomic E-state index is 13.4. The Bertz CT molecular complexity index is 1040. The number of benzene rings is 2. The fourth-order valence-corrected chi connectivity index (χ4v) is 3.20. The van der Waals surface area contributed by atoms with Crippen LogP contribution in [0.4, 0.5) is 10.5 Å². The van der Waals surface area contributed by atoms with Gasteiger partial charge in [-0.2, -0.15) is 5.26 Å². The standard InChI is InChI=1S/C25H30N4O6/c1-25(2,3)35-24(33)28-20(16-30)23(32)29(15-14-26)21(17-8-6-5-7-9-17)22(31)27-18-10-12-19(34-4)13-11-18/h5-13,20-21,30H,15-16H2,1-4H3,(H,27,31)(H,28,33). The smallest absolute Gasteiger partial charge is 0.408 e. The summed E-state index contributed by atoms with van der Waals surface area (Å²) >= 11 is 0. The number of hydrogen-bond donors (Lipinski definition) is 3. The van der Waals surface area contributed by atoms with E-state index in [4.69, 9.17) is 9.47 Å². The van der Waals surface area contributed by atoms with E-state index in [9.17, 15) is 24.8 Å². The SMILES string of the molecule is COc1ccc(NC(=O)C(c2ccccc2)N(CC#N)C(=O)C(CO)NC(=O)OC(C)(C)C)cc1. The Morgan fingerprint density at radius 2 is 1.71 bits per heavy atom. The number of hydrogen-bond acceptors (Lipinski definition) is 7. The molecule has 0 spiro atoms. The van der Waals surface area contributed by atoms with Gasteiger partial charge in [0.25, 0.3) is 5.91 Å². The zero-order valence-corrected chi connectivity index (χ0v) is 20.1. The van der Waals surface area contributed by atoms with E-state index in [0.29, 0.717) is 17.0 Å². The molecular formula is C25H30N4O6. The predicted molar refractivity (Wildman–Crippen MR) is 128 cm³/mol. The molecular weight excluding hydrogens is 452 g/mol. The molecule has 2 rings (SSSR count). The molecule has 0 heterocycles. The number of carbonyl (C=O) groups excluding carboxylic acids is 3. The van der Waals surface area contributed by atoms with Gasteiger partial charge >= 0.3 is 6.09 Å². The second-order valence-electron chi connectivity index (χ2n) is 8.54. The first-order chi connectivity index (χ1) is 16.6. The summed E-state index contributed by atoms with van der Waals surface area (Å²) in [6.07, 6.45) is -0.916. The Hall–Kier alpha value is -4.10. The van der Waals surface area contributed by atoms with Gasteiger partial charge in [0.2, 0.25) is 5.91 Å². The van der Waals surface area contributed by atoms with Crippen LogP contribution in [0.2, 0.25) is 0 Å². The maximum absolute atomic E-state index is 13.4. The number of nitriles is 1. The van der Waals surface area contributed by atoms with Crippen molar-refractivity contribution in [3.05, 3.63) is 60.2 Å². The third kappa shape index (κ3) is 8.01. The summed E-state index contributed by atoms with van der Waals surface area (Å²) in [5.41, 5.74) is 0.0624. The lowest BCUT2D eigenvalue weighted by atomic mass is 10.0. The van der Waals surface area contributed by atoms with Gasteiger partial charge in [-0.1, -0.05) is 30.3 Å². The van der Waals surface area contributed by atoms with Gasteiger partial charge in [0, 0.05) is 5.69 Å². The van der Waals surface area contributed by atoms with Gasteiger partial charge in [0.15, 0.2) is 0 Å². The van der Waals surface area contributed by atoms with Crippen molar-refractivity contribution < 1.29 is 29.0 Å². The summed E-state index contributed by atoms with van der Waals surface area (Å²) in [6, 6.07) is 14.3. The number of rotatable bonds is 9. The third-order valence-corrected chi connectivity index (χ3v) is 4.73. The van der Waals surface area contributed by atoms with Crippen molar-refractivity contribution in [3.63, 3.8) is 0 Å². The van der Waals surface area contributed by atoms with E-state index in [-0.39, 0.29) is 0 Å². The Labute approximate surface area is 204 Å². The molecule has 0 fully saturated rings. The summed E-state index contributed by atoms with van der Waals surface area (Å²) < 4.78 is 10.3. The van der Waals surface area contributed by atoms with Gasteiger partial charge in [0.05, 0.1) is 19.8 Å². The molecule has 2 aromatic carbocycles. The number of aliphatic hydroxyl groups is 1. The zero-order valence-electron chi connectivity index (χ0n) is 20.1. The third-order valence-electron chi connectivity index (χ3n) is 4.73. The first kappa shape index (κ1) is 27.1. The largest absolute Gasteiger partial charge is 0.497 e. The molecule has 3 N–H and O–H groups in total. The van der Waals surface area contributed by atoms with Crippen LogP contribution in [0.15, 0.2) is 54.6 Å². The second kappa shape index (κ2) is 12.4. The van der Waals surface area contributed by atoms with Crippen molar-refractivity contribution in [1.29, 1.82) is 5.26 Å². The lowest BCUT2D eigenvalue weighted by Gasteiger charge is -2.32. The van der Waals surface area contributed by atoms with Gasteiger partial charge < -0.3 is 30.1 Å². The average molecular weight is 483 g/mol. The topological polar surface area (TPSA) is 141 Å². The molecule has 0 aliphatic heterocycles. The van der Waals surface area contributed by atoms with Crippen LogP contribution in [0.1, 0.15) is 32.4 Å². The minimum atomic E-state index is -1.43. The number of nitrogens with zero attached hydrogens (tertiary/aromatic N) is 2. The van der Waals surface area contributed by atoms with Gasteiger partial charge in [0.1, 0.15) is 30.0 Å². The van der Waals surface area contributed by atoms with Crippen molar-refractivity contribution in [2.45, 2.75) is 38.5 Å². The van der Waals surface area contributed by atoms with E-state index in [0.717, 1.165) is 4.90 Å². The molecule has 0 saturated heterocycles. The predicted octanol–water partition coefficient (Wildman–Crippen LogP) is 2.61. The van der Waals surface area contributed by atoms with Crippen LogP contribution in [-0.2, 0) is 14.3 Å².